The van der Waals surface area contributed by atoms with Gasteiger partial charge in [0, 0.05) is 41.4 Å². The van der Waals surface area contributed by atoms with Crippen LogP contribution in [0.5, 0.6) is 0 Å². The monoisotopic (exact) mass is 567 g/mol. The van der Waals surface area contributed by atoms with Crippen LogP contribution in [0.2, 0.25) is 0 Å². The molecular formula is C28H27F6N3O3. The number of nitrogens with one attached hydrogen (secondary N) is 2. The summed E-state index contributed by atoms with van der Waals surface area (Å²) in [7, 11) is 0. The maximum atomic E-state index is 15.5. The largest absolute Gasteiger partial charge is 0.417 e. The van der Waals surface area contributed by atoms with Crippen molar-refractivity contribution in [1.82, 2.24) is 15.3 Å². The summed E-state index contributed by atoms with van der Waals surface area (Å²) in [5.41, 5.74) is -2.67. The Kier molecular flexibility index (Phi) is 8.97. The van der Waals surface area contributed by atoms with Crippen LogP contribution in [0.1, 0.15) is 55.0 Å². The summed E-state index contributed by atoms with van der Waals surface area (Å²) in [6, 6.07) is 6.00. The molecule has 1 aliphatic carbocycles. The molecule has 2 aromatic carbocycles. The molecule has 1 saturated carbocycles. The smallest absolute Gasteiger partial charge is 0.373 e. The molecule has 1 aromatic heterocycles. The molecular weight excluding hydrogens is 540 g/mol. The van der Waals surface area contributed by atoms with Crippen molar-refractivity contribution in [1.29, 1.82) is 0 Å². The minimum Gasteiger partial charge on any atom is -0.373 e. The Bertz CT molecular complexity index is 1430. The Morgan fingerprint density at radius 3 is 2.40 bits per heavy atom. The van der Waals surface area contributed by atoms with Gasteiger partial charge in [-0.05, 0) is 44.2 Å². The molecule has 2 N–H and O–H groups in total. The van der Waals surface area contributed by atoms with Gasteiger partial charge in [-0.3, -0.25) is 9.59 Å². The Balaban J connectivity index is 1.40. The van der Waals surface area contributed by atoms with E-state index in [-0.39, 0.29) is 48.4 Å². The molecule has 0 bridgehead atoms. The fourth-order valence-electron chi connectivity index (χ4n) is 4.70. The number of H-pyrrole nitrogens is 1. The SMILES string of the molecule is CCc1cc(=O)[nH]c(-c2c(C(F)(F)F)ccc(CNC(=O)C3CCC(OCc4ccc(F)cc4F)CC3)c2F)n1. The Morgan fingerprint density at radius 1 is 1.05 bits per heavy atom. The molecule has 0 spiro atoms. The summed E-state index contributed by atoms with van der Waals surface area (Å²) in [6.45, 7) is 1.25. The first-order chi connectivity index (χ1) is 19.0. The molecule has 0 saturated heterocycles. The zero-order valence-electron chi connectivity index (χ0n) is 21.5. The van der Waals surface area contributed by atoms with Crippen LogP contribution in [-0.2, 0) is 35.3 Å². The number of carbonyl (C=O) groups excluding carboxylic acids is 1. The third kappa shape index (κ3) is 6.90. The van der Waals surface area contributed by atoms with Crippen LogP contribution in [0.3, 0.4) is 0 Å². The fourth-order valence-corrected chi connectivity index (χ4v) is 4.70. The van der Waals surface area contributed by atoms with Crippen molar-refractivity contribution in [2.75, 3.05) is 0 Å². The van der Waals surface area contributed by atoms with Crippen LogP contribution >= 0.6 is 0 Å². The minimum atomic E-state index is -4.91. The normalized spacial score (nSPS) is 17.6. The number of aryl methyl sites for hydroxylation is 1. The van der Waals surface area contributed by atoms with Gasteiger partial charge in [-0.15, -0.1) is 0 Å². The molecule has 0 aliphatic heterocycles. The summed E-state index contributed by atoms with van der Waals surface area (Å²) >= 11 is 0. The van der Waals surface area contributed by atoms with Crippen molar-refractivity contribution < 1.29 is 35.9 Å². The number of alkyl halides is 3. The Hall–Kier alpha value is -3.67. The molecule has 40 heavy (non-hydrogen) atoms. The predicted octanol–water partition coefficient (Wildman–Crippen LogP) is 5.83. The first kappa shape index (κ1) is 29.3. The van der Waals surface area contributed by atoms with Gasteiger partial charge in [-0.25, -0.2) is 18.2 Å². The lowest BCUT2D eigenvalue weighted by Gasteiger charge is -2.28. The van der Waals surface area contributed by atoms with E-state index >= 15 is 4.39 Å². The van der Waals surface area contributed by atoms with Gasteiger partial charge in [0.15, 0.2) is 0 Å². The molecule has 12 heteroatoms. The van der Waals surface area contributed by atoms with E-state index in [2.05, 4.69) is 15.3 Å². The van der Waals surface area contributed by atoms with Crippen LogP contribution in [0.15, 0.2) is 41.2 Å². The number of aromatic amines is 1. The van der Waals surface area contributed by atoms with E-state index in [0.29, 0.717) is 31.7 Å². The van der Waals surface area contributed by atoms with E-state index < -0.39 is 52.1 Å². The third-order valence-corrected chi connectivity index (χ3v) is 6.91. The van der Waals surface area contributed by atoms with E-state index in [9.17, 15) is 31.5 Å². The number of benzene rings is 2. The Morgan fingerprint density at radius 2 is 1.75 bits per heavy atom. The van der Waals surface area contributed by atoms with Crippen molar-refractivity contribution in [3.63, 3.8) is 0 Å². The lowest BCUT2D eigenvalue weighted by molar-refractivity contribution is -0.137. The molecule has 3 aromatic rings. The highest BCUT2D eigenvalue weighted by Gasteiger charge is 2.37. The van der Waals surface area contributed by atoms with Crippen LogP contribution in [0, 0.1) is 23.4 Å². The van der Waals surface area contributed by atoms with Crippen LogP contribution in [0.25, 0.3) is 11.4 Å². The number of aromatic nitrogens is 2. The number of rotatable bonds is 8. The summed E-state index contributed by atoms with van der Waals surface area (Å²) in [4.78, 5) is 30.9. The fraction of sp³-hybridized carbons (Fsp3) is 0.393. The lowest BCUT2D eigenvalue weighted by Crippen LogP contribution is -2.34. The van der Waals surface area contributed by atoms with Crippen LogP contribution < -0.4 is 10.9 Å². The second-order valence-electron chi connectivity index (χ2n) is 9.64. The number of amides is 1. The Labute approximate surface area is 225 Å². The number of halogens is 6. The number of hydrogen-bond acceptors (Lipinski definition) is 4. The molecule has 0 atom stereocenters. The molecule has 1 aliphatic rings. The van der Waals surface area contributed by atoms with Gasteiger partial charge in [0.1, 0.15) is 23.3 Å². The molecule has 4 rings (SSSR count). The molecule has 1 heterocycles. The zero-order valence-corrected chi connectivity index (χ0v) is 21.5. The zero-order chi connectivity index (χ0) is 29.0. The number of carbonyl (C=O) groups is 1. The topological polar surface area (TPSA) is 84.1 Å². The van der Waals surface area contributed by atoms with E-state index in [1.165, 1.54) is 6.07 Å². The van der Waals surface area contributed by atoms with Gasteiger partial charge in [-0.1, -0.05) is 19.1 Å². The van der Waals surface area contributed by atoms with Crippen molar-refractivity contribution >= 4 is 5.91 Å². The lowest BCUT2D eigenvalue weighted by atomic mass is 9.86. The van der Waals surface area contributed by atoms with Gasteiger partial charge in [0.2, 0.25) is 5.91 Å². The van der Waals surface area contributed by atoms with Gasteiger partial charge < -0.3 is 15.0 Å². The van der Waals surface area contributed by atoms with Gasteiger partial charge in [-0.2, -0.15) is 13.2 Å². The van der Waals surface area contributed by atoms with Crippen molar-refractivity contribution in [3.05, 3.63) is 86.6 Å². The average Bonchev–Trinajstić information content (AvgIpc) is 2.91. The second kappa shape index (κ2) is 12.2. The summed E-state index contributed by atoms with van der Waals surface area (Å²) in [5, 5.41) is 2.59. The maximum absolute atomic E-state index is 15.5. The molecule has 1 amide bonds. The highest BCUT2D eigenvalue weighted by atomic mass is 19.4. The minimum absolute atomic E-state index is 0.0372. The highest BCUT2D eigenvalue weighted by Crippen LogP contribution is 2.38. The molecule has 0 unspecified atom stereocenters. The first-order valence-electron chi connectivity index (χ1n) is 12.8. The van der Waals surface area contributed by atoms with Gasteiger partial charge in [0.05, 0.1) is 23.8 Å². The summed E-state index contributed by atoms with van der Waals surface area (Å²) < 4.78 is 89.1. The van der Waals surface area contributed by atoms with E-state index in [1.807, 2.05) is 0 Å². The number of hydrogen-bond donors (Lipinski definition) is 2. The van der Waals surface area contributed by atoms with E-state index in [4.69, 9.17) is 4.74 Å². The van der Waals surface area contributed by atoms with E-state index in [1.54, 1.807) is 6.92 Å². The van der Waals surface area contributed by atoms with Crippen molar-refractivity contribution in [2.24, 2.45) is 5.92 Å². The molecule has 1 fully saturated rings. The van der Waals surface area contributed by atoms with Crippen LogP contribution in [0.4, 0.5) is 26.3 Å². The third-order valence-electron chi connectivity index (χ3n) is 6.91. The second-order valence-corrected chi connectivity index (χ2v) is 9.64. The maximum Gasteiger partial charge on any atom is 0.417 e. The summed E-state index contributed by atoms with van der Waals surface area (Å²) in [5.74, 6) is -3.97. The standard InChI is InChI=1S/C28H27F6N3O3/c1-2-19-12-23(38)37-26(36-19)24-21(28(32,33)34)10-6-16(25(24)31)13-35-27(39)15-4-8-20(9-5-15)40-14-17-3-7-18(29)11-22(17)30/h3,6-7,10-12,15,20H,2,4-5,8-9,13-14H2,1H3,(H,35,39)(H,36,37,38). The quantitative estimate of drug-likeness (QED) is 0.336. The average molecular weight is 568 g/mol. The van der Waals surface area contributed by atoms with Crippen LogP contribution in [-0.4, -0.2) is 22.0 Å². The van der Waals surface area contributed by atoms with E-state index in [0.717, 1.165) is 24.3 Å². The highest BCUT2D eigenvalue weighted by molar-refractivity contribution is 5.78. The molecule has 0 radical (unpaired) electrons. The first-order valence-corrected chi connectivity index (χ1v) is 12.8. The van der Waals surface area contributed by atoms with Crippen molar-refractivity contribution in [2.45, 2.75) is 64.5 Å². The summed E-state index contributed by atoms with van der Waals surface area (Å²) in [6.07, 6.45) is -2.99. The van der Waals surface area contributed by atoms with Crippen molar-refractivity contribution in [3.8, 4) is 11.4 Å². The molecule has 214 valence electrons. The molecule has 6 nitrogen and oxygen atoms in total. The number of nitrogens with zero attached hydrogens (tertiary/aromatic N) is 1. The van der Waals surface area contributed by atoms with Gasteiger partial charge >= 0.3 is 6.18 Å². The predicted molar refractivity (Wildman–Crippen MR) is 133 cm³/mol. The number of ether oxygens (including phenoxy) is 1. The van der Waals surface area contributed by atoms with Gasteiger partial charge in [0.25, 0.3) is 5.56 Å².